The van der Waals surface area contributed by atoms with Gasteiger partial charge < -0.3 is 5.73 Å². The monoisotopic (exact) mass is 313 g/mol. The first-order chi connectivity index (χ1) is 7.99. The van der Waals surface area contributed by atoms with Gasteiger partial charge in [0.2, 0.25) is 0 Å². The molecule has 0 spiro atoms. The first-order valence-corrected chi connectivity index (χ1v) is 6.45. The summed E-state index contributed by atoms with van der Waals surface area (Å²) in [5, 5.41) is 0. The number of halogens is 2. The second-order valence-electron chi connectivity index (χ2n) is 3.59. The molecule has 0 unspecified atom stereocenters. The molecule has 0 atom stereocenters. The number of hydrogen-bond donors (Lipinski definition) is 1. The zero-order valence-electron chi connectivity index (χ0n) is 8.96. The molecule has 0 aliphatic carbocycles. The normalized spacial score (nSPS) is 10.5. The highest BCUT2D eigenvalue weighted by Crippen LogP contribution is 2.29. The molecule has 1 aromatic carbocycles. The van der Waals surface area contributed by atoms with Gasteiger partial charge in [-0.1, -0.05) is 0 Å². The van der Waals surface area contributed by atoms with Crippen molar-refractivity contribution < 1.29 is 9.18 Å². The molecule has 2 aromatic rings. The number of ketones is 1. The summed E-state index contributed by atoms with van der Waals surface area (Å²) in [5.74, 6) is -0.889. The van der Waals surface area contributed by atoms with Gasteiger partial charge in [0, 0.05) is 16.1 Å². The molecular weight excluding hydrogens is 305 g/mol. The van der Waals surface area contributed by atoms with Gasteiger partial charge in [-0.25, -0.2) is 4.39 Å². The van der Waals surface area contributed by atoms with Crippen molar-refractivity contribution in [2.24, 2.45) is 0 Å². The summed E-state index contributed by atoms with van der Waals surface area (Å²) in [7, 11) is 0. The number of anilines is 1. The van der Waals surface area contributed by atoms with Gasteiger partial charge >= 0.3 is 0 Å². The Balaban J connectivity index is 2.50. The van der Waals surface area contributed by atoms with E-state index in [1.54, 1.807) is 6.07 Å². The molecule has 1 aromatic heterocycles. The Hall–Kier alpha value is -1.20. The van der Waals surface area contributed by atoms with Crippen LogP contribution >= 0.6 is 27.3 Å². The van der Waals surface area contributed by atoms with E-state index in [1.165, 1.54) is 29.5 Å². The molecule has 88 valence electrons. The lowest BCUT2D eigenvalue weighted by Gasteiger charge is -2.03. The highest BCUT2D eigenvalue weighted by Gasteiger charge is 2.18. The van der Waals surface area contributed by atoms with Gasteiger partial charge in [-0.2, -0.15) is 0 Å². The molecule has 1 heterocycles. The Morgan fingerprint density at radius 2 is 2.06 bits per heavy atom. The molecule has 0 aliphatic heterocycles. The molecule has 2 nitrogen and oxygen atoms in total. The minimum absolute atomic E-state index is 0.0124. The van der Waals surface area contributed by atoms with E-state index in [1.807, 2.05) is 6.92 Å². The first-order valence-electron chi connectivity index (χ1n) is 4.84. The topological polar surface area (TPSA) is 43.1 Å². The summed E-state index contributed by atoms with van der Waals surface area (Å²) in [5.41, 5.74) is 6.46. The number of carbonyl (C=O) groups excluding carboxylic acids is 1. The molecule has 0 fully saturated rings. The van der Waals surface area contributed by atoms with Crippen LogP contribution < -0.4 is 5.73 Å². The summed E-state index contributed by atoms with van der Waals surface area (Å²) in [6.45, 7) is 1.83. The lowest BCUT2D eigenvalue weighted by atomic mass is 10.0. The van der Waals surface area contributed by atoms with Crippen molar-refractivity contribution >= 4 is 38.7 Å². The second-order valence-corrected chi connectivity index (χ2v) is 6.22. The Labute approximate surface area is 110 Å². The van der Waals surface area contributed by atoms with Crippen LogP contribution in [0.2, 0.25) is 0 Å². The summed E-state index contributed by atoms with van der Waals surface area (Å²) in [6.07, 6.45) is 0. The largest absolute Gasteiger partial charge is 0.399 e. The van der Waals surface area contributed by atoms with Gasteiger partial charge in [0.1, 0.15) is 5.82 Å². The average molecular weight is 314 g/mol. The fraction of sp³-hybridized carbons (Fsp3) is 0.0833. The smallest absolute Gasteiger partial charge is 0.197 e. The predicted molar refractivity (Wildman–Crippen MR) is 71.0 cm³/mol. The van der Waals surface area contributed by atoms with Crippen LogP contribution in [-0.2, 0) is 0 Å². The highest BCUT2D eigenvalue weighted by atomic mass is 79.9. The summed E-state index contributed by atoms with van der Waals surface area (Å²) < 4.78 is 14.4. The third-order valence-corrected chi connectivity index (χ3v) is 3.92. The van der Waals surface area contributed by atoms with Crippen LogP contribution in [0.4, 0.5) is 10.1 Å². The standard InChI is InChI=1S/C12H9BrFNOS/c1-6-8(5-11(13)17-6)12(16)9-4-7(15)2-3-10(9)14/h2-5H,15H2,1H3. The van der Waals surface area contributed by atoms with E-state index >= 15 is 0 Å². The molecule has 5 heteroatoms. The second kappa shape index (κ2) is 4.58. The molecule has 0 saturated heterocycles. The van der Waals surface area contributed by atoms with Crippen molar-refractivity contribution in [1.29, 1.82) is 0 Å². The number of aryl methyl sites for hydroxylation is 1. The summed E-state index contributed by atoms with van der Waals surface area (Å²) >= 11 is 4.75. The first kappa shape index (κ1) is 12.3. The zero-order valence-corrected chi connectivity index (χ0v) is 11.4. The lowest BCUT2D eigenvalue weighted by molar-refractivity contribution is 0.103. The minimum Gasteiger partial charge on any atom is -0.399 e. The molecule has 0 aliphatic rings. The van der Waals surface area contributed by atoms with Crippen LogP contribution in [0.25, 0.3) is 0 Å². The molecule has 2 rings (SSSR count). The number of thiophene rings is 1. The maximum atomic E-state index is 13.6. The van der Waals surface area contributed by atoms with Crippen molar-refractivity contribution in [1.82, 2.24) is 0 Å². The van der Waals surface area contributed by atoms with E-state index in [0.717, 1.165) is 8.66 Å². The van der Waals surface area contributed by atoms with E-state index in [-0.39, 0.29) is 11.3 Å². The third kappa shape index (κ3) is 2.40. The van der Waals surface area contributed by atoms with Gasteiger partial charge in [-0.05, 0) is 47.1 Å². The van der Waals surface area contributed by atoms with E-state index in [0.29, 0.717) is 11.3 Å². The van der Waals surface area contributed by atoms with Crippen LogP contribution in [0.15, 0.2) is 28.1 Å². The Kier molecular flexibility index (Phi) is 3.31. The van der Waals surface area contributed by atoms with Crippen LogP contribution in [-0.4, -0.2) is 5.78 Å². The number of benzene rings is 1. The maximum Gasteiger partial charge on any atom is 0.197 e. The lowest BCUT2D eigenvalue weighted by Crippen LogP contribution is -2.05. The van der Waals surface area contributed by atoms with E-state index in [4.69, 9.17) is 5.73 Å². The number of nitrogen functional groups attached to an aromatic ring is 1. The van der Waals surface area contributed by atoms with Crippen LogP contribution in [0.1, 0.15) is 20.8 Å². The Morgan fingerprint density at radius 3 is 2.65 bits per heavy atom. The molecule has 0 bridgehead atoms. The van der Waals surface area contributed by atoms with Crippen LogP contribution in [0, 0.1) is 12.7 Å². The number of rotatable bonds is 2. The highest BCUT2D eigenvalue weighted by molar-refractivity contribution is 9.11. The maximum absolute atomic E-state index is 13.6. The summed E-state index contributed by atoms with van der Waals surface area (Å²) in [4.78, 5) is 13.0. The zero-order chi connectivity index (χ0) is 12.6. The number of hydrogen-bond acceptors (Lipinski definition) is 3. The summed E-state index contributed by atoms with van der Waals surface area (Å²) in [6, 6.07) is 5.70. The number of carbonyl (C=O) groups is 1. The van der Waals surface area contributed by atoms with Crippen molar-refractivity contribution in [3.63, 3.8) is 0 Å². The molecule has 2 N–H and O–H groups in total. The molecule has 17 heavy (non-hydrogen) atoms. The fourth-order valence-corrected chi connectivity index (χ4v) is 3.22. The Morgan fingerprint density at radius 1 is 1.35 bits per heavy atom. The van der Waals surface area contributed by atoms with Gasteiger partial charge in [0.05, 0.1) is 9.35 Å². The van der Waals surface area contributed by atoms with E-state index in [2.05, 4.69) is 15.9 Å². The van der Waals surface area contributed by atoms with Crippen LogP contribution in [0.3, 0.4) is 0 Å². The fourth-order valence-electron chi connectivity index (χ4n) is 1.53. The van der Waals surface area contributed by atoms with Gasteiger partial charge in [0.25, 0.3) is 0 Å². The predicted octanol–water partition coefficient (Wildman–Crippen LogP) is 3.77. The SMILES string of the molecule is Cc1sc(Br)cc1C(=O)c1cc(N)ccc1F. The van der Waals surface area contributed by atoms with Gasteiger partial charge in [-0.3, -0.25) is 4.79 Å². The number of nitrogens with two attached hydrogens (primary N) is 1. The molecular formula is C12H9BrFNOS. The quantitative estimate of drug-likeness (QED) is 0.677. The van der Waals surface area contributed by atoms with Gasteiger partial charge in [0.15, 0.2) is 5.78 Å². The molecule has 0 saturated carbocycles. The van der Waals surface area contributed by atoms with Crippen molar-refractivity contribution in [2.45, 2.75) is 6.92 Å². The van der Waals surface area contributed by atoms with Crippen LogP contribution in [0.5, 0.6) is 0 Å². The minimum atomic E-state index is -0.550. The Bertz CT molecular complexity index is 594. The van der Waals surface area contributed by atoms with Crippen molar-refractivity contribution in [3.8, 4) is 0 Å². The van der Waals surface area contributed by atoms with E-state index in [9.17, 15) is 9.18 Å². The van der Waals surface area contributed by atoms with Crippen molar-refractivity contribution in [2.75, 3.05) is 5.73 Å². The molecule has 0 radical (unpaired) electrons. The average Bonchev–Trinajstić information content (AvgIpc) is 2.60. The van der Waals surface area contributed by atoms with Crippen molar-refractivity contribution in [3.05, 3.63) is 49.9 Å². The van der Waals surface area contributed by atoms with Gasteiger partial charge in [-0.15, -0.1) is 11.3 Å². The van der Waals surface area contributed by atoms with E-state index < -0.39 is 5.82 Å². The molecule has 0 amide bonds. The third-order valence-electron chi connectivity index (χ3n) is 2.37.